The Hall–Kier alpha value is 0.640. The fourth-order valence-electron chi connectivity index (χ4n) is 5.15. The average molecular weight is 461 g/mol. The molecule has 0 aromatic rings. The predicted molar refractivity (Wildman–Crippen MR) is 95.8 cm³/mol. The fraction of sp³-hybridized carbons (Fsp3) is 0.600. The number of rotatable bonds is 4. The SMILES string of the molecule is CCC[Si]1(CCC)C2=CC(C)[C](=C2C)[Zr+2][C]2=C(C)C1=CC2C.[Cl-].[Cl-]. The van der Waals surface area contributed by atoms with Crippen molar-refractivity contribution in [1.29, 1.82) is 0 Å². The van der Waals surface area contributed by atoms with E-state index < -0.39 is 31.3 Å². The Bertz CT molecular complexity index is 574. The van der Waals surface area contributed by atoms with Crippen LogP contribution in [0, 0.1) is 11.8 Å². The molecule has 4 bridgehead atoms. The molecule has 24 heavy (non-hydrogen) atoms. The van der Waals surface area contributed by atoms with Crippen molar-refractivity contribution in [2.24, 2.45) is 11.8 Å². The van der Waals surface area contributed by atoms with Crippen molar-refractivity contribution in [3.8, 4) is 0 Å². The number of fused-ring (bicyclic) bond motifs is 2. The molecule has 0 aromatic carbocycles. The van der Waals surface area contributed by atoms with E-state index >= 15 is 0 Å². The largest absolute Gasteiger partial charge is 1.00 e. The van der Waals surface area contributed by atoms with E-state index in [0.717, 1.165) is 11.8 Å². The molecule has 0 amide bonds. The fourth-order valence-corrected chi connectivity index (χ4v) is 15.8. The Morgan fingerprint density at radius 1 is 0.833 bits per heavy atom. The van der Waals surface area contributed by atoms with E-state index in [4.69, 9.17) is 0 Å². The van der Waals surface area contributed by atoms with Crippen molar-refractivity contribution in [1.82, 2.24) is 0 Å². The van der Waals surface area contributed by atoms with E-state index in [0.29, 0.717) is 0 Å². The first-order chi connectivity index (χ1) is 10.5. The molecule has 2 atom stereocenters. The third-order valence-electron chi connectivity index (χ3n) is 6.01. The molecule has 2 unspecified atom stereocenters. The van der Waals surface area contributed by atoms with Crippen LogP contribution in [0.4, 0.5) is 0 Å². The van der Waals surface area contributed by atoms with E-state index in [9.17, 15) is 0 Å². The number of hydrogen-bond acceptors (Lipinski definition) is 0. The molecule has 1 aliphatic heterocycles. The summed E-state index contributed by atoms with van der Waals surface area (Å²) in [6.45, 7) is 14.7. The van der Waals surface area contributed by atoms with Gasteiger partial charge in [0.05, 0.1) is 0 Å². The molecule has 0 saturated carbocycles. The van der Waals surface area contributed by atoms with Crippen molar-refractivity contribution in [3.05, 3.63) is 40.3 Å². The van der Waals surface area contributed by atoms with Gasteiger partial charge in [0.2, 0.25) is 0 Å². The van der Waals surface area contributed by atoms with E-state index in [1.807, 2.05) is 17.0 Å². The van der Waals surface area contributed by atoms with Crippen molar-refractivity contribution in [3.63, 3.8) is 0 Å². The normalized spacial score (nSPS) is 26.4. The molecular formula is C20H30Cl2SiZr. The summed E-state index contributed by atoms with van der Waals surface area (Å²) in [5, 5.41) is 3.72. The van der Waals surface area contributed by atoms with Crippen LogP contribution in [0.5, 0.6) is 0 Å². The molecule has 0 fully saturated rings. The second-order valence-electron chi connectivity index (χ2n) is 7.52. The molecule has 1 heterocycles. The van der Waals surface area contributed by atoms with Gasteiger partial charge in [0, 0.05) is 0 Å². The van der Waals surface area contributed by atoms with Crippen LogP contribution in [0.2, 0.25) is 12.1 Å². The van der Waals surface area contributed by atoms with Crippen LogP contribution < -0.4 is 24.8 Å². The molecule has 0 aromatic heterocycles. The summed E-state index contributed by atoms with van der Waals surface area (Å²) in [6.07, 6.45) is 8.11. The summed E-state index contributed by atoms with van der Waals surface area (Å²) in [5.74, 6) is 1.49. The van der Waals surface area contributed by atoms with Crippen LogP contribution in [0.25, 0.3) is 0 Å². The van der Waals surface area contributed by atoms with Crippen LogP contribution >= 0.6 is 0 Å². The summed E-state index contributed by atoms with van der Waals surface area (Å²) in [4.78, 5) is 0. The van der Waals surface area contributed by atoms with E-state index in [1.165, 1.54) is 24.9 Å². The summed E-state index contributed by atoms with van der Waals surface area (Å²) in [5.41, 5.74) is 3.52. The van der Waals surface area contributed by atoms with E-state index in [1.54, 1.807) is 11.1 Å². The van der Waals surface area contributed by atoms with Gasteiger partial charge in [0.1, 0.15) is 0 Å². The monoisotopic (exact) mass is 458 g/mol. The van der Waals surface area contributed by atoms with E-state index in [2.05, 4.69) is 53.7 Å². The second-order valence-corrected chi connectivity index (χ2v) is 15.0. The minimum atomic E-state index is -1.52. The van der Waals surface area contributed by atoms with Crippen molar-refractivity contribution in [2.75, 3.05) is 0 Å². The van der Waals surface area contributed by atoms with Gasteiger partial charge in [-0.3, -0.25) is 0 Å². The third-order valence-corrected chi connectivity index (χ3v) is 17.3. The zero-order valence-corrected chi connectivity index (χ0v) is 20.9. The van der Waals surface area contributed by atoms with Crippen molar-refractivity contribution in [2.45, 2.75) is 66.5 Å². The van der Waals surface area contributed by atoms with Crippen LogP contribution in [0.15, 0.2) is 40.3 Å². The Morgan fingerprint density at radius 3 is 1.54 bits per heavy atom. The minimum absolute atomic E-state index is 0. The molecule has 132 valence electrons. The number of halogens is 2. The van der Waals surface area contributed by atoms with Crippen LogP contribution in [0.1, 0.15) is 54.4 Å². The van der Waals surface area contributed by atoms with Gasteiger partial charge in [0.25, 0.3) is 0 Å². The van der Waals surface area contributed by atoms with Gasteiger partial charge in [-0.2, -0.15) is 0 Å². The number of hydrogen-bond donors (Lipinski definition) is 0. The van der Waals surface area contributed by atoms with Crippen LogP contribution in [0.3, 0.4) is 0 Å². The summed E-state index contributed by atoms with van der Waals surface area (Å²) >= 11 is -0.551. The molecule has 3 rings (SSSR count). The summed E-state index contributed by atoms with van der Waals surface area (Å²) in [7, 11) is -1.52. The topological polar surface area (TPSA) is 0 Å². The molecular weight excluding hydrogens is 430 g/mol. The molecule has 0 spiro atoms. The Balaban J connectivity index is 0.00000144. The van der Waals surface area contributed by atoms with Crippen molar-refractivity contribution >= 4 is 8.07 Å². The standard InChI is InChI=1S/C20H30Si.2ClH.Zr/c1-7-9-21(10-8-2,19-13-15(3)11-17(19)5)20-14-16(4)12-18(20)6;;;/h13-16H,7-10H2,1-6H3;2*1H;/q;;;+2/p-2. The van der Waals surface area contributed by atoms with Crippen LogP contribution in [-0.2, 0) is 23.2 Å². The maximum Gasteiger partial charge on any atom is -1.00 e. The zero-order chi connectivity index (χ0) is 16.1. The molecule has 3 aliphatic rings. The summed E-state index contributed by atoms with van der Waals surface area (Å²) < 4.78 is 3.80. The molecule has 0 nitrogen and oxygen atoms in total. The maximum atomic E-state index is 2.71. The Kier molecular flexibility index (Phi) is 8.08. The smallest absolute Gasteiger partial charge is 1.00 e. The number of allylic oxidation sites excluding steroid dienone is 8. The van der Waals surface area contributed by atoms with E-state index in [-0.39, 0.29) is 24.8 Å². The third kappa shape index (κ3) is 3.30. The average Bonchev–Trinajstić information content (AvgIpc) is 2.93. The Labute approximate surface area is 173 Å². The van der Waals surface area contributed by atoms with Crippen LogP contribution in [-0.4, -0.2) is 8.07 Å². The first kappa shape index (κ1) is 22.7. The van der Waals surface area contributed by atoms with Gasteiger partial charge in [0.15, 0.2) is 0 Å². The molecule has 2 aliphatic carbocycles. The molecule has 0 radical (unpaired) electrons. The summed E-state index contributed by atoms with van der Waals surface area (Å²) in [6, 6.07) is 2.91. The first-order valence-corrected chi connectivity index (χ1v) is 14.0. The molecule has 4 heteroatoms. The molecule has 0 N–H and O–H groups in total. The Morgan fingerprint density at radius 2 is 1.21 bits per heavy atom. The minimum Gasteiger partial charge on any atom is -1.00 e. The van der Waals surface area contributed by atoms with Gasteiger partial charge in [-0.1, -0.05) is 0 Å². The quantitative estimate of drug-likeness (QED) is 0.524. The van der Waals surface area contributed by atoms with Crippen molar-refractivity contribution < 1.29 is 48.0 Å². The van der Waals surface area contributed by atoms with Gasteiger partial charge in [-0.05, 0) is 0 Å². The second kappa shape index (κ2) is 8.55. The van der Waals surface area contributed by atoms with Gasteiger partial charge in [-0.25, -0.2) is 0 Å². The maximum absolute atomic E-state index is 2.71. The van der Waals surface area contributed by atoms with Gasteiger partial charge in [-0.15, -0.1) is 0 Å². The first-order valence-electron chi connectivity index (χ1n) is 9.10. The molecule has 0 saturated heterocycles. The van der Waals surface area contributed by atoms with Gasteiger partial charge < -0.3 is 24.8 Å². The predicted octanol–water partition coefficient (Wildman–Crippen LogP) is 0.138. The zero-order valence-electron chi connectivity index (χ0n) is 15.9. The van der Waals surface area contributed by atoms with Gasteiger partial charge >= 0.3 is 150 Å².